The Morgan fingerprint density at radius 1 is 1.16 bits per heavy atom. The van der Waals surface area contributed by atoms with Gasteiger partial charge in [0, 0.05) is 31.1 Å². The van der Waals surface area contributed by atoms with E-state index in [0.717, 1.165) is 16.8 Å². The molecule has 0 spiro atoms. The molecule has 128 valence electrons. The number of nitrogens with zero attached hydrogens (tertiary/aromatic N) is 3. The first kappa shape index (κ1) is 16.9. The number of benzene rings is 1. The van der Waals surface area contributed by atoms with Crippen LogP contribution in [0.15, 0.2) is 65.4 Å². The maximum absolute atomic E-state index is 12.1. The molecule has 2 aromatic heterocycles. The minimum Gasteiger partial charge on any atom is -0.367 e. The maximum atomic E-state index is 12.1. The Morgan fingerprint density at radius 2 is 1.92 bits per heavy atom. The number of amides is 1. The number of rotatable bonds is 7. The summed E-state index contributed by atoms with van der Waals surface area (Å²) in [7, 11) is 1.71. The molecule has 3 aromatic rings. The van der Waals surface area contributed by atoms with Crippen LogP contribution >= 0.6 is 0 Å². The first-order valence-electron chi connectivity index (χ1n) is 7.94. The third-order valence-corrected chi connectivity index (χ3v) is 3.69. The predicted octanol–water partition coefficient (Wildman–Crippen LogP) is 2.91. The normalized spacial score (nSPS) is 10.6. The van der Waals surface area contributed by atoms with Gasteiger partial charge < -0.3 is 14.2 Å². The SMILES string of the molecule is CN(Cc1cc(-c2ccncc2)no1)C(=O)COCc1ccccc1. The lowest BCUT2D eigenvalue weighted by molar-refractivity contribution is -0.136. The van der Waals surface area contributed by atoms with Crippen LogP contribution in [-0.2, 0) is 22.7 Å². The van der Waals surface area contributed by atoms with Crippen LogP contribution < -0.4 is 0 Å². The van der Waals surface area contributed by atoms with Crippen LogP contribution in [0.2, 0.25) is 0 Å². The molecule has 0 fully saturated rings. The average molecular weight is 337 g/mol. The Balaban J connectivity index is 1.49. The number of ether oxygens (including phenoxy) is 1. The Morgan fingerprint density at radius 3 is 2.68 bits per heavy atom. The average Bonchev–Trinajstić information content (AvgIpc) is 3.12. The van der Waals surface area contributed by atoms with Crippen molar-refractivity contribution in [3.63, 3.8) is 0 Å². The van der Waals surface area contributed by atoms with Gasteiger partial charge in [-0.15, -0.1) is 0 Å². The molecule has 3 rings (SSSR count). The van der Waals surface area contributed by atoms with E-state index in [1.54, 1.807) is 24.3 Å². The van der Waals surface area contributed by atoms with Crippen LogP contribution in [0.1, 0.15) is 11.3 Å². The van der Waals surface area contributed by atoms with Gasteiger partial charge in [0.25, 0.3) is 0 Å². The standard InChI is InChI=1S/C19H19N3O3/c1-22(19(23)14-24-13-15-5-3-2-4-6-15)12-17-11-18(21-25-17)16-7-9-20-10-8-16/h2-11H,12-14H2,1H3. The minimum absolute atomic E-state index is 0.0245. The van der Waals surface area contributed by atoms with E-state index >= 15 is 0 Å². The van der Waals surface area contributed by atoms with Crippen LogP contribution in [0.4, 0.5) is 0 Å². The first-order chi connectivity index (χ1) is 12.2. The zero-order valence-corrected chi connectivity index (χ0v) is 14.0. The number of pyridine rings is 1. The zero-order chi connectivity index (χ0) is 17.5. The maximum Gasteiger partial charge on any atom is 0.248 e. The number of hydrogen-bond donors (Lipinski definition) is 0. The molecule has 0 aliphatic heterocycles. The molecule has 0 aliphatic carbocycles. The second kappa shape index (κ2) is 8.21. The molecular weight excluding hydrogens is 318 g/mol. The van der Waals surface area contributed by atoms with Gasteiger partial charge in [0.1, 0.15) is 12.3 Å². The van der Waals surface area contributed by atoms with E-state index in [-0.39, 0.29) is 12.5 Å². The lowest BCUT2D eigenvalue weighted by Crippen LogP contribution is -2.29. The van der Waals surface area contributed by atoms with Gasteiger partial charge in [-0.3, -0.25) is 9.78 Å². The smallest absolute Gasteiger partial charge is 0.248 e. The molecule has 0 bridgehead atoms. The highest BCUT2D eigenvalue weighted by Gasteiger charge is 2.13. The summed E-state index contributed by atoms with van der Waals surface area (Å²) in [6.45, 7) is 0.775. The lowest BCUT2D eigenvalue weighted by Gasteiger charge is -2.15. The van der Waals surface area contributed by atoms with Gasteiger partial charge in [-0.05, 0) is 17.7 Å². The fraction of sp³-hybridized carbons (Fsp3) is 0.211. The van der Waals surface area contributed by atoms with E-state index in [9.17, 15) is 4.79 Å². The summed E-state index contributed by atoms with van der Waals surface area (Å²) < 4.78 is 10.8. The van der Waals surface area contributed by atoms with E-state index in [1.807, 2.05) is 48.5 Å². The van der Waals surface area contributed by atoms with E-state index < -0.39 is 0 Å². The van der Waals surface area contributed by atoms with Crippen molar-refractivity contribution < 1.29 is 14.1 Å². The fourth-order valence-electron chi connectivity index (χ4n) is 2.31. The molecule has 0 unspecified atom stereocenters. The summed E-state index contributed by atoms with van der Waals surface area (Å²) in [5.74, 6) is 0.503. The van der Waals surface area contributed by atoms with E-state index in [0.29, 0.717) is 18.9 Å². The summed E-state index contributed by atoms with van der Waals surface area (Å²) in [5.41, 5.74) is 2.68. The van der Waals surface area contributed by atoms with Crippen LogP contribution in [0.5, 0.6) is 0 Å². The Labute approximate surface area is 146 Å². The molecule has 0 aliphatic rings. The van der Waals surface area contributed by atoms with Crippen molar-refractivity contribution in [1.82, 2.24) is 15.0 Å². The lowest BCUT2D eigenvalue weighted by atomic mass is 10.2. The Bertz CT molecular complexity index is 803. The van der Waals surface area contributed by atoms with Crippen molar-refractivity contribution in [2.24, 2.45) is 0 Å². The minimum atomic E-state index is -0.113. The second-order valence-electron chi connectivity index (χ2n) is 5.64. The second-order valence-corrected chi connectivity index (χ2v) is 5.64. The molecule has 6 heteroatoms. The molecule has 6 nitrogen and oxygen atoms in total. The van der Waals surface area contributed by atoms with Crippen molar-refractivity contribution in [3.05, 3.63) is 72.2 Å². The van der Waals surface area contributed by atoms with E-state index in [2.05, 4.69) is 10.1 Å². The van der Waals surface area contributed by atoms with Crippen LogP contribution in [0.25, 0.3) is 11.3 Å². The number of carbonyl (C=O) groups excluding carboxylic acids is 1. The number of hydrogen-bond acceptors (Lipinski definition) is 5. The monoisotopic (exact) mass is 337 g/mol. The van der Waals surface area contributed by atoms with Gasteiger partial charge in [-0.1, -0.05) is 35.5 Å². The fourth-order valence-corrected chi connectivity index (χ4v) is 2.31. The number of carbonyl (C=O) groups is 1. The number of aromatic nitrogens is 2. The third kappa shape index (κ3) is 4.74. The van der Waals surface area contributed by atoms with Crippen molar-refractivity contribution >= 4 is 5.91 Å². The van der Waals surface area contributed by atoms with Crippen molar-refractivity contribution in [2.45, 2.75) is 13.2 Å². The summed E-state index contributed by atoms with van der Waals surface area (Å²) >= 11 is 0. The van der Waals surface area contributed by atoms with Gasteiger partial charge in [0.15, 0.2) is 5.76 Å². The summed E-state index contributed by atoms with van der Waals surface area (Å²) in [6.07, 6.45) is 3.40. The van der Waals surface area contributed by atoms with Crippen molar-refractivity contribution in [2.75, 3.05) is 13.7 Å². The Kier molecular flexibility index (Phi) is 5.53. The van der Waals surface area contributed by atoms with Crippen LogP contribution in [0, 0.1) is 0 Å². The van der Waals surface area contributed by atoms with Crippen molar-refractivity contribution in [3.8, 4) is 11.3 Å². The number of likely N-dealkylation sites (N-methyl/N-ethyl adjacent to an activating group) is 1. The van der Waals surface area contributed by atoms with Gasteiger partial charge in [0.05, 0.1) is 13.2 Å². The summed E-state index contributed by atoms with van der Waals surface area (Å²) in [6, 6.07) is 15.3. The summed E-state index contributed by atoms with van der Waals surface area (Å²) in [5, 5.41) is 4.03. The molecule has 0 saturated carbocycles. The zero-order valence-electron chi connectivity index (χ0n) is 14.0. The predicted molar refractivity (Wildman–Crippen MR) is 92.3 cm³/mol. The largest absolute Gasteiger partial charge is 0.367 e. The third-order valence-electron chi connectivity index (χ3n) is 3.69. The molecule has 25 heavy (non-hydrogen) atoms. The van der Waals surface area contributed by atoms with Crippen molar-refractivity contribution in [1.29, 1.82) is 0 Å². The highest BCUT2D eigenvalue weighted by molar-refractivity contribution is 5.77. The Hall–Kier alpha value is -2.99. The van der Waals surface area contributed by atoms with E-state index in [1.165, 1.54) is 0 Å². The van der Waals surface area contributed by atoms with E-state index in [4.69, 9.17) is 9.26 Å². The van der Waals surface area contributed by atoms with Gasteiger partial charge in [0.2, 0.25) is 5.91 Å². The molecule has 0 saturated heterocycles. The van der Waals surface area contributed by atoms with Crippen LogP contribution in [0.3, 0.4) is 0 Å². The molecule has 0 N–H and O–H groups in total. The topological polar surface area (TPSA) is 68.5 Å². The molecule has 0 atom stereocenters. The van der Waals surface area contributed by atoms with Crippen LogP contribution in [-0.4, -0.2) is 34.6 Å². The first-order valence-corrected chi connectivity index (χ1v) is 7.94. The molecule has 0 radical (unpaired) electrons. The molecular formula is C19H19N3O3. The molecule has 1 amide bonds. The van der Waals surface area contributed by atoms with Gasteiger partial charge >= 0.3 is 0 Å². The quantitative estimate of drug-likeness (QED) is 0.663. The van der Waals surface area contributed by atoms with Gasteiger partial charge in [-0.2, -0.15) is 0 Å². The molecule has 2 heterocycles. The van der Waals surface area contributed by atoms with Gasteiger partial charge in [-0.25, -0.2) is 0 Å². The molecule has 1 aromatic carbocycles. The highest BCUT2D eigenvalue weighted by Crippen LogP contribution is 2.18. The highest BCUT2D eigenvalue weighted by atomic mass is 16.5. The summed E-state index contributed by atoms with van der Waals surface area (Å²) in [4.78, 5) is 17.7.